The third kappa shape index (κ3) is 2.31. The van der Waals surface area contributed by atoms with Crippen LogP contribution in [-0.4, -0.2) is 15.7 Å². The topological polar surface area (TPSA) is 37.3 Å². The molecule has 0 aromatic heterocycles. The summed E-state index contributed by atoms with van der Waals surface area (Å²) in [5, 5.41) is 9.36. The first kappa shape index (κ1) is 10.3. The zero-order chi connectivity index (χ0) is 10.0. The van der Waals surface area contributed by atoms with Crippen LogP contribution in [0, 0.1) is 6.92 Å². The van der Waals surface area contributed by atoms with Crippen molar-refractivity contribution in [2.45, 2.75) is 18.7 Å². The third-order valence-electron chi connectivity index (χ3n) is 1.85. The van der Waals surface area contributed by atoms with Gasteiger partial charge in [-0.25, -0.2) is 0 Å². The van der Waals surface area contributed by atoms with E-state index in [-0.39, 0.29) is 16.4 Å². The highest BCUT2D eigenvalue weighted by Gasteiger charge is 2.12. The van der Waals surface area contributed by atoms with Crippen molar-refractivity contribution in [1.82, 2.24) is 0 Å². The lowest BCUT2D eigenvalue weighted by atomic mass is 10.1. The van der Waals surface area contributed by atoms with E-state index in [1.807, 2.05) is 0 Å². The Labute approximate surface area is 85.7 Å². The number of Topliss-reactive ketones (excluding diaryl/α,β-unsaturated/α-hetero) is 1. The highest BCUT2D eigenvalue weighted by molar-refractivity contribution is 9.10. The molecule has 3 heteroatoms. The van der Waals surface area contributed by atoms with Crippen LogP contribution in [-0.2, 0) is 0 Å². The van der Waals surface area contributed by atoms with Crippen LogP contribution in [0.25, 0.3) is 0 Å². The normalized spacial score (nSPS) is 12.5. The van der Waals surface area contributed by atoms with Gasteiger partial charge in [0.15, 0.2) is 5.78 Å². The van der Waals surface area contributed by atoms with Gasteiger partial charge in [-0.1, -0.05) is 28.1 Å². The van der Waals surface area contributed by atoms with Crippen molar-refractivity contribution in [2.24, 2.45) is 0 Å². The number of phenols is 1. The Morgan fingerprint density at radius 3 is 2.62 bits per heavy atom. The molecule has 13 heavy (non-hydrogen) atoms. The maximum atomic E-state index is 11.4. The van der Waals surface area contributed by atoms with Crippen molar-refractivity contribution < 1.29 is 9.90 Å². The van der Waals surface area contributed by atoms with E-state index >= 15 is 0 Å². The summed E-state index contributed by atoms with van der Waals surface area (Å²) in [6.07, 6.45) is 0. The third-order valence-corrected chi connectivity index (χ3v) is 2.27. The summed E-state index contributed by atoms with van der Waals surface area (Å²) in [5.41, 5.74) is 1.31. The molecule has 1 rings (SSSR count). The molecule has 0 saturated carbocycles. The number of carbonyl (C=O) groups is 1. The second kappa shape index (κ2) is 3.92. The van der Waals surface area contributed by atoms with Gasteiger partial charge < -0.3 is 5.11 Å². The molecule has 0 aliphatic rings. The van der Waals surface area contributed by atoms with Crippen LogP contribution in [0.4, 0.5) is 0 Å². The van der Waals surface area contributed by atoms with E-state index < -0.39 is 0 Å². The predicted octanol–water partition coefficient (Wildman–Crippen LogP) is 2.67. The summed E-state index contributed by atoms with van der Waals surface area (Å²) < 4.78 is 0. The predicted molar refractivity (Wildman–Crippen MR) is 55.6 cm³/mol. The minimum Gasteiger partial charge on any atom is -0.508 e. The van der Waals surface area contributed by atoms with Crippen LogP contribution in [0.15, 0.2) is 18.2 Å². The van der Waals surface area contributed by atoms with Gasteiger partial charge in [0.05, 0.1) is 4.83 Å². The number of benzene rings is 1. The Balaban J connectivity index is 3.04. The van der Waals surface area contributed by atoms with Crippen LogP contribution in [0.2, 0.25) is 0 Å². The molecule has 2 nitrogen and oxygen atoms in total. The molecule has 0 radical (unpaired) electrons. The molecular weight excluding hydrogens is 232 g/mol. The molecule has 70 valence electrons. The minimum absolute atomic E-state index is 0.0182. The van der Waals surface area contributed by atoms with Gasteiger partial charge >= 0.3 is 0 Å². The zero-order valence-corrected chi connectivity index (χ0v) is 9.13. The van der Waals surface area contributed by atoms with Crippen molar-refractivity contribution in [1.29, 1.82) is 0 Å². The SMILES string of the molecule is Cc1ccc(C(=O)C(C)Br)cc1O. The second-order valence-corrected chi connectivity index (χ2v) is 4.36. The first-order chi connectivity index (χ1) is 6.02. The number of hydrogen-bond acceptors (Lipinski definition) is 2. The summed E-state index contributed by atoms with van der Waals surface area (Å²) in [4.78, 5) is 11.2. The van der Waals surface area contributed by atoms with Gasteiger partial charge in [0.1, 0.15) is 5.75 Å². The number of ketones is 1. The Hall–Kier alpha value is -0.830. The van der Waals surface area contributed by atoms with Gasteiger partial charge in [0.25, 0.3) is 0 Å². The number of alkyl halides is 1. The Morgan fingerprint density at radius 1 is 1.54 bits per heavy atom. The van der Waals surface area contributed by atoms with Gasteiger partial charge in [-0.05, 0) is 25.5 Å². The molecule has 0 spiro atoms. The van der Waals surface area contributed by atoms with Crippen molar-refractivity contribution >= 4 is 21.7 Å². The molecule has 0 aliphatic heterocycles. The maximum absolute atomic E-state index is 11.4. The minimum atomic E-state index is -0.213. The van der Waals surface area contributed by atoms with Crippen molar-refractivity contribution in [2.75, 3.05) is 0 Å². The Bertz CT molecular complexity index is 332. The molecule has 1 aromatic carbocycles. The smallest absolute Gasteiger partial charge is 0.176 e. The maximum Gasteiger partial charge on any atom is 0.176 e. The molecule has 0 aliphatic carbocycles. The fourth-order valence-electron chi connectivity index (χ4n) is 0.992. The first-order valence-electron chi connectivity index (χ1n) is 4.00. The molecule has 1 unspecified atom stereocenters. The summed E-state index contributed by atoms with van der Waals surface area (Å²) in [7, 11) is 0. The van der Waals surface area contributed by atoms with Crippen LogP contribution in [0.3, 0.4) is 0 Å². The van der Waals surface area contributed by atoms with E-state index in [2.05, 4.69) is 15.9 Å². The van der Waals surface area contributed by atoms with Crippen LogP contribution in [0.5, 0.6) is 5.75 Å². The van der Waals surface area contributed by atoms with Gasteiger partial charge in [0, 0.05) is 5.56 Å². The highest BCUT2D eigenvalue weighted by atomic mass is 79.9. The number of hydrogen-bond donors (Lipinski definition) is 1. The number of aromatic hydroxyl groups is 1. The molecule has 1 N–H and O–H groups in total. The molecule has 0 amide bonds. The van der Waals surface area contributed by atoms with Crippen LogP contribution in [0.1, 0.15) is 22.8 Å². The van der Waals surface area contributed by atoms with Gasteiger partial charge in [-0.15, -0.1) is 0 Å². The van der Waals surface area contributed by atoms with Gasteiger partial charge in [-0.3, -0.25) is 4.79 Å². The number of rotatable bonds is 2. The second-order valence-electron chi connectivity index (χ2n) is 2.98. The largest absolute Gasteiger partial charge is 0.508 e. The quantitative estimate of drug-likeness (QED) is 0.640. The fraction of sp³-hybridized carbons (Fsp3) is 0.300. The summed E-state index contributed by atoms with van der Waals surface area (Å²) >= 11 is 3.19. The van der Waals surface area contributed by atoms with E-state index in [0.717, 1.165) is 5.56 Å². The van der Waals surface area contributed by atoms with Gasteiger partial charge in [0.2, 0.25) is 0 Å². The average molecular weight is 243 g/mol. The molecule has 1 atom stereocenters. The van der Waals surface area contributed by atoms with E-state index in [4.69, 9.17) is 0 Å². The molecule has 1 aromatic rings. The summed E-state index contributed by atoms with van der Waals surface area (Å²) in [5.74, 6) is 0.148. The van der Waals surface area contributed by atoms with Crippen LogP contribution >= 0.6 is 15.9 Å². The first-order valence-corrected chi connectivity index (χ1v) is 4.92. The zero-order valence-electron chi connectivity index (χ0n) is 7.54. The number of aryl methyl sites for hydroxylation is 1. The van der Waals surface area contributed by atoms with Crippen molar-refractivity contribution in [3.05, 3.63) is 29.3 Å². The molecular formula is C10H11BrO2. The number of halogens is 1. The highest BCUT2D eigenvalue weighted by Crippen LogP contribution is 2.19. The lowest BCUT2D eigenvalue weighted by Gasteiger charge is -2.04. The molecule has 0 saturated heterocycles. The Morgan fingerprint density at radius 2 is 2.15 bits per heavy atom. The fourth-order valence-corrected chi connectivity index (χ4v) is 1.26. The molecule has 0 heterocycles. The Kier molecular flexibility index (Phi) is 3.09. The van der Waals surface area contributed by atoms with Crippen LogP contribution < -0.4 is 0 Å². The average Bonchev–Trinajstić information content (AvgIpc) is 2.08. The number of phenolic OH excluding ortho intramolecular Hbond substituents is 1. The van der Waals surface area contributed by atoms with E-state index in [1.165, 1.54) is 6.07 Å². The van der Waals surface area contributed by atoms with Crippen molar-refractivity contribution in [3.8, 4) is 5.75 Å². The number of carbonyl (C=O) groups excluding carboxylic acids is 1. The lowest BCUT2D eigenvalue weighted by Crippen LogP contribution is -2.09. The van der Waals surface area contributed by atoms with Crippen molar-refractivity contribution in [3.63, 3.8) is 0 Å². The van der Waals surface area contributed by atoms with Gasteiger partial charge in [-0.2, -0.15) is 0 Å². The van der Waals surface area contributed by atoms with E-state index in [9.17, 15) is 9.90 Å². The summed E-state index contributed by atoms with van der Waals surface area (Å²) in [6, 6.07) is 4.95. The molecule has 0 fully saturated rings. The monoisotopic (exact) mass is 242 g/mol. The molecule has 0 bridgehead atoms. The summed E-state index contributed by atoms with van der Waals surface area (Å²) in [6.45, 7) is 3.56. The lowest BCUT2D eigenvalue weighted by molar-refractivity contribution is 0.0995. The van der Waals surface area contributed by atoms with E-state index in [1.54, 1.807) is 26.0 Å². The van der Waals surface area contributed by atoms with E-state index in [0.29, 0.717) is 5.56 Å². The standard InChI is InChI=1S/C10H11BrO2/c1-6-3-4-8(5-9(6)12)10(13)7(2)11/h3-5,7,12H,1-2H3.